The van der Waals surface area contributed by atoms with E-state index in [1.54, 1.807) is 6.92 Å². The molecule has 0 aliphatic carbocycles. The fourth-order valence-electron chi connectivity index (χ4n) is 1.68. The van der Waals surface area contributed by atoms with Crippen LogP contribution in [0.15, 0.2) is 27.8 Å². The number of nitrogens with two attached hydrogens (primary N) is 1. The first kappa shape index (κ1) is 13.6. The lowest BCUT2D eigenvalue weighted by Gasteiger charge is -2.02. The van der Waals surface area contributed by atoms with Gasteiger partial charge >= 0.3 is 0 Å². The second kappa shape index (κ2) is 5.44. The average molecular weight is 277 g/mol. The summed E-state index contributed by atoms with van der Waals surface area (Å²) in [5.74, 6) is 0.0436. The van der Waals surface area contributed by atoms with Gasteiger partial charge in [-0.1, -0.05) is 29.0 Å². The molecule has 6 heteroatoms. The molecule has 5 nitrogen and oxygen atoms in total. The largest absolute Gasteiger partial charge is 0.411 e. The van der Waals surface area contributed by atoms with Crippen molar-refractivity contribution >= 4 is 17.7 Å². The molecule has 1 amide bonds. The van der Waals surface area contributed by atoms with Crippen LogP contribution < -0.4 is 5.73 Å². The van der Waals surface area contributed by atoms with Gasteiger partial charge in [-0.3, -0.25) is 4.79 Å². The van der Waals surface area contributed by atoms with Gasteiger partial charge in [-0.25, -0.2) is 0 Å². The van der Waals surface area contributed by atoms with E-state index in [4.69, 9.17) is 10.2 Å². The standard InChI is InChI=1S/C13H15N3O2S/c1-7-4-8(2)6-10(5-7)12-15-16-13(18-12)19-9(3)11(14)17/h4-6,9H,1-3H3,(H2,14,17)/t9-/m0/s1. The van der Waals surface area contributed by atoms with Crippen molar-refractivity contribution in [2.75, 3.05) is 0 Å². The highest BCUT2D eigenvalue weighted by atomic mass is 32.2. The molecular formula is C13H15N3O2S. The number of aromatic nitrogens is 2. The van der Waals surface area contributed by atoms with Crippen molar-refractivity contribution in [1.29, 1.82) is 0 Å². The number of nitrogens with zero attached hydrogens (tertiary/aromatic N) is 2. The number of hydrogen-bond donors (Lipinski definition) is 1. The zero-order chi connectivity index (χ0) is 14.0. The van der Waals surface area contributed by atoms with E-state index in [2.05, 4.69) is 16.3 Å². The minimum Gasteiger partial charge on any atom is -0.411 e. The normalized spacial score (nSPS) is 12.4. The van der Waals surface area contributed by atoms with Gasteiger partial charge in [0.1, 0.15) is 0 Å². The maximum absolute atomic E-state index is 11.0. The van der Waals surface area contributed by atoms with Gasteiger partial charge in [0.2, 0.25) is 11.8 Å². The first-order valence-electron chi connectivity index (χ1n) is 5.84. The SMILES string of the molecule is Cc1cc(C)cc(-c2nnc(S[C@@H](C)C(N)=O)o2)c1. The first-order valence-corrected chi connectivity index (χ1v) is 6.72. The third-order valence-corrected chi connectivity index (χ3v) is 3.51. The van der Waals surface area contributed by atoms with E-state index < -0.39 is 11.2 Å². The van der Waals surface area contributed by atoms with Crippen molar-refractivity contribution in [3.8, 4) is 11.5 Å². The smallest absolute Gasteiger partial charge is 0.277 e. The van der Waals surface area contributed by atoms with E-state index in [0.717, 1.165) is 28.5 Å². The molecule has 0 aliphatic heterocycles. The van der Waals surface area contributed by atoms with Crippen molar-refractivity contribution in [3.05, 3.63) is 29.3 Å². The quantitative estimate of drug-likeness (QED) is 0.867. The molecule has 1 atom stereocenters. The minimum absolute atomic E-state index is 0.348. The summed E-state index contributed by atoms with van der Waals surface area (Å²) < 4.78 is 5.53. The van der Waals surface area contributed by atoms with Crippen LogP contribution in [0.25, 0.3) is 11.5 Å². The Morgan fingerprint density at radius 3 is 2.47 bits per heavy atom. The maximum atomic E-state index is 11.0. The Bertz CT molecular complexity index is 589. The number of rotatable bonds is 4. The summed E-state index contributed by atoms with van der Waals surface area (Å²) >= 11 is 1.16. The van der Waals surface area contributed by atoms with Crippen LogP contribution in [0.4, 0.5) is 0 Å². The third kappa shape index (κ3) is 3.35. The van der Waals surface area contributed by atoms with Crippen LogP contribution in [0.5, 0.6) is 0 Å². The van der Waals surface area contributed by atoms with Crippen molar-refractivity contribution in [2.45, 2.75) is 31.2 Å². The molecule has 0 saturated carbocycles. The lowest BCUT2D eigenvalue weighted by molar-refractivity contribution is -0.117. The summed E-state index contributed by atoms with van der Waals surface area (Å²) in [4.78, 5) is 11.0. The molecule has 0 aliphatic rings. The average Bonchev–Trinajstić information content (AvgIpc) is 2.76. The third-order valence-electron chi connectivity index (χ3n) is 2.55. The predicted molar refractivity (Wildman–Crippen MR) is 73.7 cm³/mol. The highest BCUT2D eigenvalue weighted by Crippen LogP contribution is 2.26. The summed E-state index contributed by atoms with van der Waals surface area (Å²) in [6.45, 7) is 5.73. The van der Waals surface area contributed by atoms with E-state index in [1.165, 1.54) is 0 Å². The van der Waals surface area contributed by atoms with Gasteiger partial charge in [0.15, 0.2) is 0 Å². The van der Waals surface area contributed by atoms with Gasteiger partial charge in [0, 0.05) is 5.56 Å². The topological polar surface area (TPSA) is 82.0 Å². The highest BCUT2D eigenvalue weighted by molar-refractivity contribution is 8.00. The van der Waals surface area contributed by atoms with Gasteiger partial charge < -0.3 is 10.2 Å². The molecule has 0 fully saturated rings. The van der Waals surface area contributed by atoms with Crippen LogP contribution in [0, 0.1) is 13.8 Å². The fraction of sp³-hybridized carbons (Fsp3) is 0.308. The Morgan fingerprint density at radius 2 is 1.89 bits per heavy atom. The lowest BCUT2D eigenvalue weighted by atomic mass is 10.1. The van der Waals surface area contributed by atoms with Gasteiger partial charge in [-0.2, -0.15) is 0 Å². The Labute approximate surface area is 115 Å². The van der Waals surface area contributed by atoms with Crippen molar-refractivity contribution in [3.63, 3.8) is 0 Å². The molecule has 0 unspecified atom stereocenters. The summed E-state index contributed by atoms with van der Waals surface area (Å²) in [5.41, 5.74) is 8.33. The number of aryl methyl sites for hydroxylation is 2. The number of carbonyl (C=O) groups excluding carboxylic acids is 1. The molecule has 1 heterocycles. The molecule has 0 spiro atoms. The van der Waals surface area contributed by atoms with Gasteiger partial charge in [0.25, 0.3) is 5.22 Å². The number of primary amides is 1. The molecule has 100 valence electrons. The first-order chi connectivity index (χ1) is 8.95. The summed E-state index contributed by atoms with van der Waals surface area (Å²) in [6, 6.07) is 6.03. The summed E-state index contributed by atoms with van der Waals surface area (Å²) in [6.07, 6.45) is 0. The molecule has 0 radical (unpaired) electrons. The molecule has 1 aromatic carbocycles. The molecule has 19 heavy (non-hydrogen) atoms. The van der Waals surface area contributed by atoms with E-state index in [0.29, 0.717) is 11.1 Å². The number of thioether (sulfide) groups is 1. The Balaban J connectivity index is 2.23. The Morgan fingerprint density at radius 1 is 1.26 bits per heavy atom. The van der Waals surface area contributed by atoms with Crippen molar-refractivity contribution in [1.82, 2.24) is 10.2 Å². The molecule has 0 saturated heterocycles. The lowest BCUT2D eigenvalue weighted by Crippen LogP contribution is -2.22. The number of hydrogen-bond acceptors (Lipinski definition) is 5. The molecule has 2 aromatic rings. The van der Waals surface area contributed by atoms with Gasteiger partial charge in [0.05, 0.1) is 5.25 Å². The molecular weight excluding hydrogens is 262 g/mol. The second-order valence-corrected chi connectivity index (χ2v) is 5.70. The Hall–Kier alpha value is -1.82. The maximum Gasteiger partial charge on any atom is 0.277 e. The Kier molecular flexibility index (Phi) is 3.90. The molecule has 0 bridgehead atoms. The number of amides is 1. The summed E-state index contributed by atoms with van der Waals surface area (Å²) in [5, 5.41) is 7.86. The van der Waals surface area contributed by atoms with Crippen molar-refractivity contribution < 1.29 is 9.21 Å². The minimum atomic E-state index is -0.406. The zero-order valence-electron chi connectivity index (χ0n) is 11.0. The van der Waals surface area contributed by atoms with Crippen LogP contribution in [0.2, 0.25) is 0 Å². The van der Waals surface area contributed by atoms with Crippen molar-refractivity contribution in [2.24, 2.45) is 5.73 Å². The number of benzene rings is 1. The van der Waals surface area contributed by atoms with Gasteiger partial charge in [-0.05, 0) is 32.9 Å². The monoisotopic (exact) mass is 277 g/mol. The summed E-state index contributed by atoms with van der Waals surface area (Å²) in [7, 11) is 0. The number of carbonyl (C=O) groups is 1. The van der Waals surface area contributed by atoms with Crippen LogP contribution in [0.1, 0.15) is 18.1 Å². The molecule has 1 aromatic heterocycles. The van der Waals surface area contributed by atoms with E-state index >= 15 is 0 Å². The van der Waals surface area contributed by atoms with Gasteiger partial charge in [-0.15, -0.1) is 10.2 Å². The zero-order valence-corrected chi connectivity index (χ0v) is 11.8. The predicted octanol–water partition coefficient (Wildman–Crippen LogP) is 2.32. The van der Waals surface area contributed by atoms with Crippen LogP contribution in [0.3, 0.4) is 0 Å². The fourth-order valence-corrected chi connectivity index (χ4v) is 2.32. The van der Waals surface area contributed by atoms with E-state index in [9.17, 15) is 4.79 Å². The van der Waals surface area contributed by atoms with E-state index in [1.807, 2.05) is 26.0 Å². The second-order valence-electron chi connectivity index (χ2n) is 4.41. The molecule has 2 N–H and O–H groups in total. The van der Waals surface area contributed by atoms with Crippen LogP contribution in [-0.4, -0.2) is 21.4 Å². The van der Waals surface area contributed by atoms with Crippen LogP contribution >= 0.6 is 11.8 Å². The van der Waals surface area contributed by atoms with Crippen LogP contribution in [-0.2, 0) is 4.79 Å². The van der Waals surface area contributed by atoms with E-state index in [-0.39, 0.29) is 0 Å². The highest BCUT2D eigenvalue weighted by Gasteiger charge is 2.16. The molecule has 2 rings (SSSR count).